The van der Waals surface area contributed by atoms with Crippen LogP contribution in [0.5, 0.6) is 17.2 Å². The lowest BCUT2D eigenvalue weighted by atomic mass is 10.0. The summed E-state index contributed by atoms with van der Waals surface area (Å²) >= 11 is 0. The van der Waals surface area contributed by atoms with Gasteiger partial charge in [0, 0.05) is 23.8 Å². The minimum atomic E-state index is -0.549. The van der Waals surface area contributed by atoms with E-state index in [1.807, 2.05) is 0 Å². The number of nitrogens with zero attached hydrogens (tertiary/aromatic N) is 1. The number of nitro groups is 1. The zero-order valence-corrected chi connectivity index (χ0v) is 11.9. The Morgan fingerprint density at radius 3 is 2.65 bits per heavy atom. The van der Waals surface area contributed by atoms with Crippen LogP contribution in [0.3, 0.4) is 0 Å². The van der Waals surface area contributed by atoms with Gasteiger partial charge in [-0.2, -0.15) is 0 Å². The molecule has 0 aromatic heterocycles. The van der Waals surface area contributed by atoms with Crippen LogP contribution < -0.4 is 4.74 Å². The van der Waals surface area contributed by atoms with Crippen LogP contribution in [0.4, 0.5) is 5.69 Å². The van der Waals surface area contributed by atoms with Crippen LogP contribution in [-0.4, -0.2) is 20.9 Å². The van der Waals surface area contributed by atoms with E-state index in [9.17, 15) is 25.1 Å². The first-order valence-corrected chi connectivity index (χ1v) is 6.62. The van der Waals surface area contributed by atoms with E-state index in [-0.39, 0.29) is 34.3 Å². The lowest BCUT2D eigenvalue weighted by molar-refractivity contribution is -0.384. The lowest BCUT2D eigenvalue weighted by Crippen LogP contribution is -1.98. The summed E-state index contributed by atoms with van der Waals surface area (Å²) in [6.07, 6.45) is 1.35. The number of aromatic hydroxyl groups is 2. The summed E-state index contributed by atoms with van der Waals surface area (Å²) in [7, 11) is 0. The number of phenolic OH excluding ortho intramolecular Hbond substituents is 2. The second kappa shape index (κ2) is 5.13. The summed E-state index contributed by atoms with van der Waals surface area (Å²) in [6, 6.07) is 6.79. The first-order valence-electron chi connectivity index (χ1n) is 6.62. The van der Waals surface area contributed by atoms with Gasteiger partial charge in [-0.1, -0.05) is 12.1 Å². The third-order valence-corrected chi connectivity index (χ3v) is 3.52. The van der Waals surface area contributed by atoms with Gasteiger partial charge in [-0.05, 0) is 18.6 Å². The number of non-ortho nitro benzene ring substituents is 1. The zero-order valence-electron chi connectivity index (χ0n) is 11.9. The number of phenols is 2. The first kappa shape index (κ1) is 14.6. The minimum Gasteiger partial charge on any atom is -0.507 e. The summed E-state index contributed by atoms with van der Waals surface area (Å²) in [5.74, 6) is -1.11. The van der Waals surface area contributed by atoms with Crippen molar-refractivity contribution in [3.05, 3.63) is 62.9 Å². The number of nitro benzene ring substituents is 1. The molecule has 0 amide bonds. The molecule has 1 heterocycles. The van der Waals surface area contributed by atoms with E-state index in [4.69, 9.17) is 4.74 Å². The quantitative estimate of drug-likeness (QED) is 0.501. The van der Waals surface area contributed by atoms with Gasteiger partial charge in [-0.3, -0.25) is 14.9 Å². The molecule has 7 nitrogen and oxygen atoms in total. The third-order valence-electron chi connectivity index (χ3n) is 3.52. The Labute approximate surface area is 130 Å². The van der Waals surface area contributed by atoms with E-state index in [0.717, 1.165) is 6.07 Å². The average molecular weight is 313 g/mol. The normalized spacial score (nSPS) is 14.7. The smallest absolute Gasteiger partial charge is 0.270 e. The molecule has 1 aliphatic heterocycles. The number of ether oxygens (including phenoxy) is 1. The molecule has 0 unspecified atom stereocenters. The Morgan fingerprint density at radius 1 is 1.22 bits per heavy atom. The van der Waals surface area contributed by atoms with Crippen molar-refractivity contribution in [3.63, 3.8) is 0 Å². The maximum Gasteiger partial charge on any atom is 0.270 e. The Morgan fingerprint density at radius 2 is 1.96 bits per heavy atom. The molecule has 0 saturated carbocycles. The highest BCUT2D eigenvalue weighted by Crippen LogP contribution is 2.44. The number of hydrogen-bond donors (Lipinski definition) is 2. The number of allylic oxidation sites excluding steroid dienone is 1. The van der Waals surface area contributed by atoms with Crippen molar-refractivity contribution in [1.82, 2.24) is 0 Å². The Bertz CT molecular complexity index is 884. The Kier molecular flexibility index (Phi) is 3.25. The molecular weight excluding hydrogens is 302 g/mol. The fourth-order valence-electron chi connectivity index (χ4n) is 2.33. The molecule has 0 aliphatic carbocycles. The van der Waals surface area contributed by atoms with E-state index < -0.39 is 10.7 Å². The van der Waals surface area contributed by atoms with Gasteiger partial charge >= 0.3 is 0 Å². The molecule has 2 N–H and O–H groups in total. The minimum absolute atomic E-state index is 0.0306. The van der Waals surface area contributed by atoms with E-state index in [2.05, 4.69) is 0 Å². The summed E-state index contributed by atoms with van der Waals surface area (Å²) in [4.78, 5) is 22.6. The highest BCUT2D eigenvalue weighted by molar-refractivity contribution is 6.16. The fourth-order valence-corrected chi connectivity index (χ4v) is 2.33. The largest absolute Gasteiger partial charge is 0.507 e. The molecule has 0 radical (unpaired) electrons. The van der Waals surface area contributed by atoms with Crippen LogP contribution >= 0.6 is 0 Å². The molecule has 116 valence electrons. The zero-order chi connectivity index (χ0) is 16.7. The maximum atomic E-state index is 12.3. The van der Waals surface area contributed by atoms with Crippen LogP contribution in [0.2, 0.25) is 0 Å². The Hall–Kier alpha value is -3.35. The molecule has 0 atom stereocenters. The van der Waals surface area contributed by atoms with Gasteiger partial charge in [-0.25, -0.2) is 0 Å². The predicted octanol–water partition coefficient (Wildman–Crippen LogP) is 2.93. The summed E-state index contributed by atoms with van der Waals surface area (Å²) in [5.41, 5.74) is 0.598. The van der Waals surface area contributed by atoms with Crippen LogP contribution in [0, 0.1) is 17.0 Å². The molecule has 1 aliphatic rings. The first-order chi connectivity index (χ1) is 10.9. The van der Waals surface area contributed by atoms with Crippen molar-refractivity contribution in [2.24, 2.45) is 0 Å². The van der Waals surface area contributed by atoms with Gasteiger partial charge < -0.3 is 14.9 Å². The van der Waals surface area contributed by atoms with Gasteiger partial charge in [0.15, 0.2) is 5.76 Å². The van der Waals surface area contributed by atoms with Gasteiger partial charge in [0.25, 0.3) is 5.69 Å². The number of fused-ring (bicyclic) bond motifs is 1. The molecule has 0 bridgehead atoms. The van der Waals surface area contributed by atoms with Crippen molar-refractivity contribution in [2.75, 3.05) is 0 Å². The van der Waals surface area contributed by atoms with Crippen molar-refractivity contribution < 1.29 is 24.7 Å². The van der Waals surface area contributed by atoms with Gasteiger partial charge in [0.1, 0.15) is 22.8 Å². The topological polar surface area (TPSA) is 110 Å². The second-order valence-electron chi connectivity index (χ2n) is 5.04. The molecule has 2 aromatic rings. The van der Waals surface area contributed by atoms with Crippen LogP contribution in [0.25, 0.3) is 6.08 Å². The second-order valence-corrected chi connectivity index (χ2v) is 5.04. The molecule has 0 saturated heterocycles. The van der Waals surface area contributed by atoms with Crippen LogP contribution in [-0.2, 0) is 0 Å². The van der Waals surface area contributed by atoms with Crippen molar-refractivity contribution in [3.8, 4) is 17.2 Å². The predicted molar refractivity (Wildman–Crippen MR) is 80.5 cm³/mol. The van der Waals surface area contributed by atoms with Gasteiger partial charge in [0.2, 0.25) is 5.78 Å². The molecule has 2 aromatic carbocycles. The highest BCUT2D eigenvalue weighted by Gasteiger charge is 2.33. The number of rotatable bonds is 2. The number of hydrogen-bond acceptors (Lipinski definition) is 6. The molecule has 0 fully saturated rings. The van der Waals surface area contributed by atoms with Crippen LogP contribution in [0.15, 0.2) is 36.1 Å². The van der Waals surface area contributed by atoms with Crippen molar-refractivity contribution >= 4 is 17.5 Å². The molecular formula is C16H11NO6. The summed E-state index contributed by atoms with van der Waals surface area (Å²) < 4.78 is 5.44. The number of Topliss-reactive ketones (excluding diaryl/α,β-unsaturated/α-hetero) is 1. The molecule has 7 heteroatoms. The number of benzene rings is 2. The number of carbonyl (C=O) groups is 1. The number of carbonyl (C=O) groups excluding carboxylic acids is 1. The third kappa shape index (κ3) is 2.38. The van der Waals surface area contributed by atoms with Crippen molar-refractivity contribution in [2.45, 2.75) is 6.92 Å². The number of ketones is 1. The monoisotopic (exact) mass is 313 g/mol. The summed E-state index contributed by atoms with van der Waals surface area (Å²) in [6.45, 7) is 1.55. The molecule has 23 heavy (non-hydrogen) atoms. The SMILES string of the molecule is Cc1c(O)cc(O)c2c1O/C(=C\c1cccc([N+](=O)[O-])c1)C2=O. The molecule has 0 spiro atoms. The van der Waals surface area contributed by atoms with Gasteiger partial charge in [0.05, 0.1) is 4.92 Å². The average Bonchev–Trinajstić information content (AvgIpc) is 2.83. The van der Waals surface area contributed by atoms with E-state index >= 15 is 0 Å². The van der Waals surface area contributed by atoms with E-state index in [1.54, 1.807) is 13.0 Å². The van der Waals surface area contributed by atoms with E-state index in [0.29, 0.717) is 11.1 Å². The standard InChI is InChI=1S/C16H11NO6/c1-8-11(18)7-12(19)14-15(20)13(23-16(8)14)6-9-3-2-4-10(5-9)17(21)22/h2-7,18-19H,1H3/b13-6-. The maximum absolute atomic E-state index is 12.3. The van der Waals surface area contributed by atoms with Gasteiger partial charge in [-0.15, -0.1) is 0 Å². The molecule has 3 rings (SSSR count). The highest BCUT2D eigenvalue weighted by atomic mass is 16.6. The van der Waals surface area contributed by atoms with E-state index in [1.165, 1.54) is 24.3 Å². The lowest BCUT2D eigenvalue weighted by Gasteiger charge is -2.05. The Balaban J connectivity index is 2.06. The van der Waals surface area contributed by atoms with Crippen LogP contribution in [0.1, 0.15) is 21.5 Å². The summed E-state index contributed by atoms with van der Waals surface area (Å²) in [5, 5.41) is 30.3. The fraction of sp³-hybridized carbons (Fsp3) is 0.0625. The van der Waals surface area contributed by atoms with Crippen molar-refractivity contribution in [1.29, 1.82) is 0 Å².